The summed E-state index contributed by atoms with van der Waals surface area (Å²) in [4.78, 5) is 70.6. The molecule has 5 N–H and O–H groups in total. The van der Waals surface area contributed by atoms with Gasteiger partial charge in [-0.3, -0.25) is 9.59 Å². The second-order valence-corrected chi connectivity index (χ2v) is 15.4. The molecule has 4 heterocycles. The molecule has 14 nitrogen and oxygen atoms in total. The molecule has 4 atom stereocenters. The summed E-state index contributed by atoms with van der Waals surface area (Å²) in [5.41, 5.74) is 5.50. The van der Waals surface area contributed by atoms with E-state index in [1.54, 1.807) is 18.7 Å². The topological polar surface area (TPSA) is 186 Å². The Morgan fingerprint density at radius 2 is 1.07 bits per heavy atom. The Balaban J connectivity index is 1.10. The van der Waals surface area contributed by atoms with Gasteiger partial charge in [0.05, 0.1) is 29.6 Å². The summed E-state index contributed by atoms with van der Waals surface area (Å²) in [5, 5.41) is 14.4. The van der Waals surface area contributed by atoms with Gasteiger partial charge in [-0.1, -0.05) is 76.2 Å². The fraction of sp³-hybridized carbons (Fsp3) is 0.463. The molecule has 2 aromatic carbocycles. The average molecular weight is 753 g/mol. The minimum atomic E-state index is -1.21. The molecule has 0 bridgehead atoms. The van der Waals surface area contributed by atoms with Crippen molar-refractivity contribution in [1.29, 1.82) is 0 Å². The highest BCUT2D eigenvalue weighted by Crippen LogP contribution is 2.35. The normalized spacial score (nSPS) is 18.2. The molecule has 292 valence electrons. The third kappa shape index (κ3) is 8.84. The predicted octanol–water partition coefficient (Wildman–Crippen LogP) is 6.91. The fourth-order valence-corrected chi connectivity index (χ4v) is 7.50. The van der Waals surface area contributed by atoms with Gasteiger partial charge in [0, 0.05) is 36.6 Å². The Hall–Kier alpha value is -5.66. The molecule has 2 aliphatic rings. The molecular formula is C41H52N8O6. The number of carbonyl (C=O) groups is 4. The van der Waals surface area contributed by atoms with Gasteiger partial charge in [-0.25, -0.2) is 19.6 Å². The lowest BCUT2D eigenvalue weighted by Crippen LogP contribution is -2.51. The molecule has 6 rings (SSSR count). The lowest BCUT2D eigenvalue weighted by atomic mass is 10.0. The average Bonchev–Trinajstić information content (AvgIpc) is 3.98. The molecule has 0 aliphatic carbocycles. The quantitative estimate of drug-likeness (QED) is 0.103. The van der Waals surface area contributed by atoms with Gasteiger partial charge >= 0.3 is 12.2 Å². The number of imidazole rings is 2. The zero-order chi connectivity index (χ0) is 39.4. The van der Waals surface area contributed by atoms with Crippen LogP contribution >= 0.6 is 0 Å². The number of hydrogen-bond acceptors (Lipinski definition) is 7. The van der Waals surface area contributed by atoms with Crippen LogP contribution in [0, 0.1) is 11.8 Å². The Bertz CT molecular complexity index is 1970. The van der Waals surface area contributed by atoms with Crippen molar-refractivity contribution >= 4 is 24.0 Å². The third-order valence-electron chi connectivity index (χ3n) is 10.4. The molecular weight excluding hydrogens is 701 g/mol. The number of carbonyl (C=O) groups excluding carboxylic acids is 3. The number of ether oxygens (including phenoxy) is 1. The van der Waals surface area contributed by atoms with Crippen molar-refractivity contribution in [2.24, 2.45) is 11.8 Å². The molecule has 0 saturated carbocycles. The molecule has 55 heavy (non-hydrogen) atoms. The number of amides is 4. The number of rotatable bonds is 12. The Kier molecular flexibility index (Phi) is 11.9. The fourth-order valence-electron chi connectivity index (χ4n) is 7.50. The van der Waals surface area contributed by atoms with Gasteiger partial charge in [0.25, 0.3) is 0 Å². The number of aromatic amines is 2. The van der Waals surface area contributed by atoms with Gasteiger partial charge in [0.2, 0.25) is 11.8 Å². The van der Waals surface area contributed by atoms with E-state index >= 15 is 0 Å². The van der Waals surface area contributed by atoms with Crippen LogP contribution in [0.2, 0.25) is 0 Å². The summed E-state index contributed by atoms with van der Waals surface area (Å²) in [7, 11) is 0. The second-order valence-electron chi connectivity index (χ2n) is 15.4. The number of likely N-dealkylation sites (tertiary alicyclic amines) is 2. The summed E-state index contributed by atoms with van der Waals surface area (Å²) < 4.78 is 5.25. The summed E-state index contributed by atoms with van der Waals surface area (Å²) in [5.74, 6) is 0.732. The highest BCUT2D eigenvalue weighted by atomic mass is 16.6. The van der Waals surface area contributed by atoms with Crippen molar-refractivity contribution < 1.29 is 29.0 Å². The number of alkyl carbamates (subject to hydrolysis) is 1. The number of H-pyrrole nitrogens is 2. The van der Waals surface area contributed by atoms with E-state index in [2.05, 4.69) is 44.9 Å². The number of benzene rings is 2. The van der Waals surface area contributed by atoms with Gasteiger partial charge in [-0.2, -0.15) is 0 Å². The van der Waals surface area contributed by atoms with Crippen LogP contribution < -0.4 is 10.6 Å². The molecule has 4 amide bonds. The minimum Gasteiger partial charge on any atom is -0.465 e. The van der Waals surface area contributed by atoms with E-state index in [0.717, 1.165) is 65.1 Å². The van der Waals surface area contributed by atoms with Gasteiger partial charge in [-0.15, -0.1) is 0 Å². The Morgan fingerprint density at radius 3 is 1.45 bits per heavy atom. The highest BCUT2D eigenvalue weighted by molar-refractivity contribution is 5.87. The van der Waals surface area contributed by atoms with Crippen LogP contribution in [0.25, 0.3) is 33.6 Å². The Labute approximate surface area is 321 Å². The van der Waals surface area contributed by atoms with Crippen molar-refractivity contribution in [3.63, 3.8) is 0 Å². The standard InChI is InChI=1S/C41H52N8O6/c1-23(2)34(46-40(52)53)38(50)48-19-7-9-32(48)36-42-21-30(44-36)28-15-11-26(12-16-28)27-13-17-29(18-14-27)31-22-43-37(45-31)33-10-8-20-49(33)39(51)35(24(3)4)47-41(54)55-25(5)6/h11-18,21-25,32-35,46H,7-10,19-20H2,1-6H3,(H,42,44)(H,43,45)(H,47,54)(H,52,53)/t32-,33?,34-,35-/m0/s1. The van der Waals surface area contributed by atoms with E-state index in [0.29, 0.717) is 18.9 Å². The maximum atomic E-state index is 13.7. The maximum Gasteiger partial charge on any atom is 0.408 e. The molecule has 0 radical (unpaired) electrons. The predicted molar refractivity (Wildman–Crippen MR) is 208 cm³/mol. The number of hydrogen-bond donors (Lipinski definition) is 5. The van der Waals surface area contributed by atoms with Gasteiger partial charge < -0.3 is 40.2 Å². The highest BCUT2D eigenvalue weighted by Gasteiger charge is 2.39. The first-order valence-electron chi connectivity index (χ1n) is 19.2. The van der Waals surface area contributed by atoms with E-state index in [-0.39, 0.29) is 41.8 Å². The van der Waals surface area contributed by atoms with Crippen LogP contribution in [-0.2, 0) is 14.3 Å². The molecule has 1 unspecified atom stereocenters. The molecule has 2 saturated heterocycles. The maximum absolute atomic E-state index is 13.7. The first-order valence-corrected chi connectivity index (χ1v) is 19.2. The van der Waals surface area contributed by atoms with Crippen molar-refractivity contribution in [3.8, 4) is 33.6 Å². The SMILES string of the molecule is CC(C)OC(=O)N[C@H](C(=O)N1CCCC1c1nc(-c2ccc(-c3ccc(-c4c[nH]c([C@@H]5CCCN5C(=O)[C@@H](NC(=O)O)C(C)C)n4)cc3)cc2)c[nH]1)C(C)C. The lowest BCUT2D eigenvalue weighted by molar-refractivity contribution is -0.136. The van der Waals surface area contributed by atoms with Gasteiger partial charge in [0.1, 0.15) is 23.7 Å². The molecule has 2 aromatic heterocycles. The molecule has 14 heteroatoms. The summed E-state index contributed by atoms with van der Waals surface area (Å²) in [6.07, 6.45) is 4.80. The van der Waals surface area contributed by atoms with Crippen LogP contribution in [0.4, 0.5) is 9.59 Å². The van der Waals surface area contributed by atoms with E-state index in [1.165, 1.54) is 0 Å². The van der Waals surface area contributed by atoms with Crippen LogP contribution in [0.15, 0.2) is 60.9 Å². The van der Waals surface area contributed by atoms with Crippen molar-refractivity contribution in [2.45, 2.75) is 97.5 Å². The molecule has 4 aromatic rings. The number of nitrogens with zero attached hydrogens (tertiary/aromatic N) is 4. The zero-order valence-corrected chi connectivity index (χ0v) is 32.3. The van der Waals surface area contributed by atoms with E-state index in [1.807, 2.05) is 69.3 Å². The molecule has 2 fully saturated rings. The second kappa shape index (κ2) is 16.8. The zero-order valence-electron chi connectivity index (χ0n) is 32.3. The van der Waals surface area contributed by atoms with E-state index < -0.39 is 24.3 Å². The summed E-state index contributed by atoms with van der Waals surface area (Å²) in [6.45, 7) is 12.2. The van der Waals surface area contributed by atoms with Crippen molar-refractivity contribution in [2.75, 3.05) is 13.1 Å². The first kappa shape index (κ1) is 39.0. The minimum absolute atomic E-state index is 0.116. The summed E-state index contributed by atoms with van der Waals surface area (Å²) >= 11 is 0. The van der Waals surface area contributed by atoms with Crippen LogP contribution in [-0.4, -0.2) is 90.1 Å². The lowest BCUT2D eigenvalue weighted by Gasteiger charge is -2.30. The van der Waals surface area contributed by atoms with Crippen LogP contribution in [0.5, 0.6) is 0 Å². The first-order chi connectivity index (χ1) is 26.3. The smallest absolute Gasteiger partial charge is 0.408 e. The van der Waals surface area contributed by atoms with Crippen molar-refractivity contribution in [3.05, 3.63) is 72.6 Å². The van der Waals surface area contributed by atoms with E-state index in [9.17, 15) is 24.3 Å². The van der Waals surface area contributed by atoms with Crippen LogP contribution in [0.1, 0.15) is 91.0 Å². The van der Waals surface area contributed by atoms with Gasteiger partial charge in [-0.05, 0) is 62.5 Å². The monoisotopic (exact) mass is 752 g/mol. The summed E-state index contributed by atoms with van der Waals surface area (Å²) in [6, 6.07) is 14.3. The van der Waals surface area contributed by atoms with Crippen LogP contribution in [0.3, 0.4) is 0 Å². The van der Waals surface area contributed by atoms with E-state index in [4.69, 9.17) is 14.7 Å². The van der Waals surface area contributed by atoms with Crippen molar-refractivity contribution in [1.82, 2.24) is 40.4 Å². The number of carboxylic acid groups (broad SMARTS) is 1. The third-order valence-corrected chi connectivity index (χ3v) is 10.4. The largest absolute Gasteiger partial charge is 0.465 e. The van der Waals surface area contributed by atoms with Gasteiger partial charge in [0.15, 0.2) is 0 Å². The number of nitrogens with one attached hydrogen (secondary N) is 4. The molecule has 0 spiro atoms. The molecule has 2 aliphatic heterocycles. The Morgan fingerprint density at radius 1 is 0.673 bits per heavy atom. The number of aromatic nitrogens is 4.